The number of ether oxygens (including phenoxy) is 1. The largest absolute Gasteiger partial charge is 0.449 e. The van der Waals surface area contributed by atoms with Gasteiger partial charge in [-0.05, 0) is 30.0 Å². The molecule has 0 aliphatic carbocycles. The highest BCUT2D eigenvalue weighted by Crippen LogP contribution is 2.07. The normalized spacial score (nSPS) is 9.90. The van der Waals surface area contributed by atoms with Gasteiger partial charge in [0.2, 0.25) is 0 Å². The second kappa shape index (κ2) is 8.06. The molecule has 1 heterocycles. The van der Waals surface area contributed by atoms with Crippen molar-refractivity contribution in [1.82, 2.24) is 5.32 Å². The standard InChI is InChI=1S/C15H16N2O3S/c18-14(13-8-4-11-21-13)16-9-5-10-20-15(19)17-12-6-2-1-3-7-12/h1-4,6-8,11H,5,9-10H2,(H,16,18)(H,17,19). The highest BCUT2D eigenvalue weighted by molar-refractivity contribution is 7.12. The number of rotatable bonds is 6. The number of carbonyl (C=O) groups is 2. The molecular formula is C15H16N2O3S. The lowest BCUT2D eigenvalue weighted by Gasteiger charge is -2.07. The van der Waals surface area contributed by atoms with Crippen LogP contribution in [0.25, 0.3) is 0 Å². The van der Waals surface area contributed by atoms with Gasteiger partial charge in [0.25, 0.3) is 5.91 Å². The van der Waals surface area contributed by atoms with Crippen LogP contribution in [0.15, 0.2) is 47.8 Å². The molecule has 0 bridgehead atoms. The Kier molecular flexibility index (Phi) is 5.78. The number of amides is 2. The van der Waals surface area contributed by atoms with E-state index in [2.05, 4.69) is 10.6 Å². The van der Waals surface area contributed by atoms with Crippen LogP contribution in [-0.4, -0.2) is 25.2 Å². The van der Waals surface area contributed by atoms with Crippen molar-refractivity contribution in [2.75, 3.05) is 18.5 Å². The molecule has 0 saturated carbocycles. The van der Waals surface area contributed by atoms with Crippen molar-refractivity contribution < 1.29 is 14.3 Å². The molecule has 0 spiro atoms. The summed E-state index contributed by atoms with van der Waals surface area (Å²) in [7, 11) is 0. The molecule has 1 aromatic carbocycles. The molecule has 0 atom stereocenters. The van der Waals surface area contributed by atoms with Crippen LogP contribution in [0.1, 0.15) is 16.1 Å². The fourth-order valence-corrected chi connectivity index (χ4v) is 2.25. The zero-order valence-corrected chi connectivity index (χ0v) is 12.2. The first kappa shape index (κ1) is 15.1. The second-order valence-corrected chi connectivity index (χ2v) is 5.16. The van der Waals surface area contributed by atoms with E-state index >= 15 is 0 Å². The van der Waals surface area contributed by atoms with Crippen LogP contribution in [0.4, 0.5) is 10.5 Å². The van der Waals surface area contributed by atoms with Crippen molar-refractivity contribution in [2.24, 2.45) is 0 Å². The fraction of sp³-hybridized carbons (Fsp3) is 0.200. The average molecular weight is 304 g/mol. The molecule has 0 saturated heterocycles. The third kappa shape index (κ3) is 5.27. The lowest BCUT2D eigenvalue weighted by Crippen LogP contribution is -2.25. The van der Waals surface area contributed by atoms with Crippen LogP contribution >= 0.6 is 11.3 Å². The molecule has 2 N–H and O–H groups in total. The molecule has 0 aliphatic rings. The van der Waals surface area contributed by atoms with Gasteiger partial charge >= 0.3 is 6.09 Å². The van der Waals surface area contributed by atoms with E-state index in [-0.39, 0.29) is 12.5 Å². The predicted molar refractivity (Wildman–Crippen MR) is 82.7 cm³/mol. The van der Waals surface area contributed by atoms with Crippen molar-refractivity contribution in [3.05, 3.63) is 52.7 Å². The maximum Gasteiger partial charge on any atom is 0.411 e. The van der Waals surface area contributed by atoms with Crippen molar-refractivity contribution in [3.63, 3.8) is 0 Å². The van der Waals surface area contributed by atoms with Crippen LogP contribution in [0.2, 0.25) is 0 Å². The van der Waals surface area contributed by atoms with Gasteiger partial charge in [-0.25, -0.2) is 4.79 Å². The van der Waals surface area contributed by atoms with Crippen LogP contribution in [0, 0.1) is 0 Å². The first-order valence-corrected chi connectivity index (χ1v) is 7.44. The molecule has 5 nitrogen and oxygen atoms in total. The number of carbonyl (C=O) groups excluding carboxylic acids is 2. The van der Waals surface area contributed by atoms with Gasteiger partial charge < -0.3 is 10.1 Å². The Labute approximate surface area is 126 Å². The van der Waals surface area contributed by atoms with Crippen LogP contribution in [-0.2, 0) is 4.74 Å². The minimum absolute atomic E-state index is 0.0984. The third-order valence-corrected chi connectivity index (χ3v) is 3.47. The van der Waals surface area contributed by atoms with Gasteiger partial charge in [0.15, 0.2) is 0 Å². The van der Waals surface area contributed by atoms with E-state index in [1.807, 2.05) is 29.6 Å². The number of para-hydroxylation sites is 1. The monoisotopic (exact) mass is 304 g/mol. The van der Waals surface area contributed by atoms with Gasteiger partial charge in [-0.3, -0.25) is 10.1 Å². The molecule has 1 aromatic heterocycles. The Hall–Kier alpha value is -2.34. The van der Waals surface area contributed by atoms with Gasteiger partial charge in [-0.1, -0.05) is 24.3 Å². The number of nitrogens with one attached hydrogen (secondary N) is 2. The summed E-state index contributed by atoms with van der Waals surface area (Å²) in [5, 5.41) is 7.24. The molecule has 2 aromatic rings. The number of hydrogen-bond donors (Lipinski definition) is 2. The first-order valence-electron chi connectivity index (χ1n) is 6.56. The van der Waals surface area contributed by atoms with Gasteiger partial charge in [-0.15, -0.1) is 11.3 Å². The van der Waals surface area contributed by atoms with E-state index in [4.69, 9.17) is 4.74 Å². The smallest absolute Gasteiger partial charge is 0.411 e. The Morgan fingerprint density at radius 1 is 1.10 bits per heavy atom. The number of thiophene rings is 1. The highest BCUT2D eigenvalue weighted by atomic mass is 32.1. The van der Waals surface area contributed by atoms with E-state index in [0.29, 0.717) is 23.5 Å². The summed E-state index contributed by atoms with van der Waals surface area (Å²) in [6, 6.07) is 12.7. The summed E-state index contributed by atoms with van der Waals surface area (Å²) in [6.07, 6.45) is 0.0741. The number of benzene rings is 1. The van der Waals surface area contributed by atoms with Crippen molar-refractivity contribution in [1.29, 1.82) is 0 Å². The minimum atomic E-state index is -0.495. The summed E-state index contributed by atoms with van der Waals surface area (Å²) < 4.78 is 5.02. The Morgan fingerprint density at radius 2 is 1.90 bits per heavy atom. The maximum atomic E-state index is 11.6. The molecular weight excluding hydrogens is 288 g/mol. The number of anilines is 1. The lowest BCUT2D eigenvalue weighted by atomic mass is 10.3. The second-order valence-electron chi connectivity index (χ2n) is 4.21. The molecule has 110 valence electrons. The summed E-state index contributed by atoms with van der Waals surface area (Å²) in [5.74, 6) is -0.0984. The zero-order chi connectivity index (χ0) is 14.9. The van der Waals surface area contributed by atoms with E-state index in [0.717, 1.165) is 0 Å². The Bertz CT molecular complexity index is 570. The van der Waals surface area contributed by atoms with Gasteiger partial charge in [0.05, 0.1) is 11.5 Å². The van der Waals surface area contributed by atoms with Crippen LogP contribution in [0.5, 0.6) is 0 Å². The molecule has 0 radical (unpaired) electrons. The molecule has 0 aliphatic heterocycles. The highest BCUT2D eigenvalue weighted by Gasteiger charge is 2.05. The summed E-state index contributed by atoms with van der Waals surface area (Å²) in [6.45, 7) is 0.721. The average Bonchev–Trinajstić information content (AvgIpc) is 3.02. The molecule has 21 heavy (non-hydrogen) atoms. The Balaban J connectivity index is 1.57. The fourth-order valence-electron chi connectivity index (χ4n) is 1.61. The van der Waals surface area contributed by atoms with Gasteiger partial charge in [0, 0.05) is 12.2 Å². The number of hydrogen-bond acceptors (Lipinski definition) is 4. The van der Waals surface area contributed by atoms with Gasteiger partial charge in [-0.2, -0.15) is 0 Å². The molecule has 2 amide bonds. The molecule has 6 heteroatoms. The quantitative estimate of drug-likeness (QED) is 0.806. The summed E-state index contributed by atoms with van der Waals surface area (Å²) in [5.41, 5.74) is 0.688. The van der Waals surface area contributed by atoms with E-state index in [1.165, 1.54) is 11.3 Å². The van der Waals surface area contributed by atoms with E-state index < -0.39 is 6.09 Å². The topological polar surface area (TPSA) is 67.4 Å². The van der Waals surface area contributed by atoms with E-state index in [9.17, 15) is 9.59 Å². The first-order chi connectivity index (χ1) is 10.3. The maximum absolute atomic E-state index is 11.6. The Morgan fingerprint density at radius 3 is 2.62 bits per heavy atom. The van der Waals surface area contributed by atoms with Crippen LogP contribution < -0.4 is 10.6 Å². The van der Waals surface area contributed by atoms with Crippen molar-refractivity contribution in [3.8, 4) is 0 Å². The molecule has 2 rings (SSSR count). The molecule has 0 unspecified atom stereocenters. The SMILES string of the molecule is O=C(Nc1ccccc1)OCCCNC(=O)c1cccs1. The van der Waals surface area contributed by atoms with E-state index in [1.54, 1.807) is 18.2 Å². The minimum Gasteiger partial charge on any atom is -0.449 e. The lowest BCUT2D eigenvalue weighted by molar-refractivity contribution is 0.0954. The molecule has 0 fully saturated rings. The predicted octanol–water partition coefficient (Wildman–Crippen LogP) is 3.12. The zero-order valence-electron chi connectivity index (χ0n) is 11.4. The van der Waals surface area contributed by atoms with Crippen LogP contribution in [0.3, 0.4) is 0 Å². The summed E-state index contributed by atoms with van der Waals surface area (Å²) in [4.78, 5) is 23.8. The third-order valence-electron chi connectivity index (χ3n) is 2.60. The van der Waals surface area contributed by atoms with Crippen molar-refractivity contribution >= 4 is 29.0 Å². The van der Waals surface area contributed by atoms with Gasteiger partial charge in [0.1, 0.15) is 0 Å². The summed E-state index contributed by atoms with van der Waals surface area (Å²) >= 11 is 1.39. The van der Waals surface area contributed by atoms with Crippen molar-refractivity contribution in [2.45, 2.75) is 6.42 Å².